The molecule has 0 radical (unpaired) electrons. The lowest BCUT2D eigenvalue weighted by atomic mass is 10.2. The summed E-state index contributed by atoms with van der Waals surface area (Å²) in [5.41, 5.74) is 0.315. The third kappa shape index (κ3) is 2.07. The van der Waals surface area contributed by atoms with Crippen LogP contribution in [0.4, 0.5) is 5.82 Å². The maximum atomic E-state index is 12.3. The Kier molecular flexibility index (Phi) is 3.19. The van der Waals surface area contributed by atoms with E-state index >= 15 is 0 Å². The summed E-state index contributed by atoms with van der Waals surface area (Å²) < 4.78 is 1.49. The van der Waals surface area contributed by atoms with Gasteiger partial charge in [-0.15, -0.1) is 11.3 Å². The Morgan fingerprint density at radius 1 is 1.40 bits per heavy atom. The minimum atomic E-state index is -0.376. The van der Waals surface area contributed by atoms with E-state index in [0.29, 0.717) is 21.5 Å². The molecule has 0 saturated heterocycles. The molecule has 7 heteroatoms. The van der Waals surface area contributed by atoms with E-state index in [1.54, 1.807) is 25.4 Å². The summed E-state index contributed by atoms with van der Waals surface area (Å²) in [5.74, 6) is 0.534. The number of thiazole rings is 1. The van der Waals surface area contributed by atoms with E-state index in [4.69, 9.17) is 11.6 Å². The first-order valence-corrected chi connectivity index (χ1v) is 7.12. The van der Waals surface area contributed by atoms with Gasteiger partial charge in [0.2, 0.25) is 0 Å². The highest BCUT2D eigenvalue weighted by atomic mass is 35.5. The molecule has 2 heterocycles. The van der Waals surface area contributed by atoms with Crippen LogP contribution in [0.1, 0.15) is 4.88 Å². The van der Waals surface area contributed by atoms with E-state index in [-0.39, 0.29) is 5.69 Å². The predicted octanol–water partition coefficient (Wildman–Crippen LogP) is 2.85. The second-order valence-corrected chi connectivity index (χ2v) is 5.89. The van der Waals surface area contributed by atoms with Crippen molar-refractivity contribution in [3.63, 3.8) is 0 Å². The second-order valence-electron chi connectivity index (χ2n) is 4.24. The zero-order valence-electron chi connectivity index (χ0n) is 10.8. The molecule has 1 aromatic carbocycles. The maximum Gasteiger partial charge on any atom is 0.356 e. The third-order valence-corrected chi connectivity index (χ3v) is 4.02. The molecule has 3 aromatic rings. The molecule has 0 aliphatic rings. The lowest BCUT2D eigenvalue weighted by Crippen LogP contribution is -2.23. The van der Waals surface area contributed by atoms with Crippen LogP contribution in [0.25, 0.3) is 16.0 Å². The summed E-state index contributed by atoms with van der Waals surface area (Å²) in [7, 11) is 1.73. The molecule has 0 aliphatic carbocycles. The van der Waals surface area contributed by atoms with Crippen LogP contribution in [0, 0.1) is 6.92 Å². The molecule has 102 valence electrons. The maximum absolute atomic E-state index is 12.3. The van der Waals surface area contributed by atoms with Crippen LogP contribution in [0.2, 0.25) is 5.02 Å². The topological polar surface area (TPSA) is 59.8 Å². The number of aryl methyl sites for hydroxylation is 1. The summed E-state index contributed by atoms with van der Waals surface area (Å²) in [6.07, 6.45) is 1.73. The minimum absolute atomic E-state index is 0.376. The number of anilines is 1. The van der Waals surface area contributed by atoms with Crippen molar-refractivity contribution in [1.82, 2.24) is 14.5 Å². The highest BCUT2D eigenvalue weighted by Gasteiger charge is 2.13. The van der Waals surface area contributed by atoms with Gasteiger partial charge in [0.15, 0.2) is 5.13 Å². The van der Waals surface area contributed by atoms with Gasteiger partial charge in [0, 0.05) is 28.5 Å². The lowest BCUT2D eigenvalue weighted by molar-refractivity contribution is 0.948. The van der Waals surface area contributed by atoms with Crippen LogP contribution in [-0.4, -0.2) is 21.6 Å². The van der Waals surface area contributed by atoms with Gasteiger partial charge in [-0.1, -0.05) is 11.6 Å². The van der Waals surface area contributed by atoms with Crippen molar-refractivity contribution >= 4 is 39.7 Å². The van der Waals surface area contributed by atoms with Crippen molar-refractivity contribution in [3.8, 4) is 5.13 Å². The van der Waals surface area contributed by atoms with Crippen molar-refractivity contribution in [1.29, 1.82) is 0 Å². The number of halogens is 1. The first-order chi connectivity index (χ1) is 9.60. The predicted molar refractivity (Wildman–Crippen MR) is 82.3 cm³/mol. The standard InChI is InChI=1S/C13H11ClN4OS/c1-7-6-16-13(20-7)18-10-5-8(14)3-4-9(10)11(15-2)17-12(18)19/h3-6H,1-2H3,(H,15,17,19). The van der Waals surface area contributed by atoms with Gasteiger partial charge in [-0.25, -0.2) is 14.3 Å². The van der Waals surface area contributed by atoms with Gasteiger partial charge in [0.05, 0.1) is 5.52 Å². The molecule has 20 heavy (non-hydrogen) atoms. The molecule has 1 N–H and O–H groups in total. The molecule has 0 aliphatic heterocycles. The van der Waals surface area contributed by atoms with Gasteiger partial charge < -0.3 is 5.32 Å². The average Bonchev–Trinajstić information content (AvgIpc) is 2.83. The molecule has 0 saturated carbocycles. The van der Waals surface area contributed by atoms with Crippen molar-refractivity contribution < 1.29 is 0 Å². The summed E-state index contributed by atoms with van der Waals surface area (Å²) >= 11 is 7.50. The Hall–Kier alpha value is -1.92. The molecule has 0 amide bonds. The van der Waals surface area contributed by atoms with Gasteiger partial charge in [0.25, 0.3) is 0 Å². The van der Waals surface area contributed by atoms with Crippen LogP contribution in [-0.2, 0) is 0 Å². The van der Waals surface area contributed by atoms with Crippen molar-refractivity contribution in [2.24, 2.45) is 0 Å². The smallest absolute Gasteiger partial charge is 0.356 e. The molecule has 3 rings (SSSR count). The van der Waals surface area contributed by atoms with Gasteiger partial charge in [-0.2, -0.15) is 4.98 Å². The fraction of sp³-hybridized carbons (Fsp3) is 0.154. The number of nitrogens with zero attached hydrogens (tertiary/aromatic N) is 3. The van der Waals surface area contributed by atoms with Crippen LogP contribution in [0.5, 0.6) is 0 Å². The Labute approximate surface area is 123 Å². The number of nitrogens with one attached hydrogen (secondary N) is 1. The molecular weight excluding hydrogens is 296 g/mol. The quantitative estimate of drug-likeness (QED) is 0.791. The number of fused-ring (bicyclic) bond motifs is 1. The SMILES string of the molecule is CNc1nc(=O)n(-c2ncc(C)s2)c2cc(Cl)ccc12. The summed E-state index contributed by atoms with van der Waals surface area (Å²) in [6.45, 7) is 1.94. The highest BCUT2D eigenvalue weighted by Crippen LogP contribution is 2.26. The average molecular weight is 307 g/mol. The first kappa shape index (κ1) is 13.1. The monoisotopic (exact) mass is 306 g/mol. The molecule has 0 spiro atoms. The van der Waals surface area contributed by atoms with Crippen molar-refractivity contribution in [2.45, 2.75) is 6.92 Å². The van der Waals surface area contributed by atoms with E-state index in [1.165, 1.54) is 15.9 Å². The Balaban J connectivity index is 2.45. The number of hydrogen-bond acceptors (Lipinski definition) is 5. The van der Waals surface area contributed by atoms with E-state index in [0.717, 1.165) is 10.3 Å². The summed E-state index contributed by atoms with van der Waals surface area (Å²) in [5, 5.41) is 4.91. The largest absolute Gasteiger partial charge is 0.372 e. The van der Waals surface area contributed by atoms with E-state index in [9.17, 15) is 4.79 Å². The molecule has 0 unspecified atom stereocenters. The number of aromatic nitrogens is 3. The zero-order valence-corrected chi connectivity index (χ0v) is 12.4. The molecule has 0 atom stereocenters. The van der Waals surface area contributed by atoms with Crippen LogP contribution < -0.4 is 11.0 Å². The number of hydrogen-bond donors (Lipinski definition) is 1. The second kappa shape index (κ2) is 4.88. The number of rotatable bonds is 2. The van der Waals surface area contributed by atoms with E-state index < -0.39 is 0 Å². The highest BCUT2D eigenvalue weighted by molar-refractivity contribution is 7.14. The van der Waals surface area contributed by atoms with Crippen LogP contribution in [0.3, 0.4) is 0 Å². The van der Waals surface area contributed by atoms with E-state index in [1.807, 2.05) is 13.0 Å². The van der Waals surface area contributed by atoms with Gasteiger partial charge in [-0.3, -0.25) is 0 Å². The lowest BCUT2D eigenvalue weighted by Gasteiger charge is -2.10. The van der Waals surface area contributed by atoms with Gasteiger partial charge >= 0.3 is 5.69 Å². The Morgan fingerprint density at radius 3 is 2.85 bits per heavy atom. The minimum Gasteiger partial charge on any atom is -0.372 e. The Bertz CT molecular complexity index is 855. The third-order valence-electron chi connectivity index (χ3n) is 2.89. The molecule has 0 bridgehead atoms. The fourth-order valence-corrected chi connectivity index (χ4v) is 2.95. The normalized spacial score (nSPS) is 10.9. The van der Waals surface area contributed by atoms with Crippen LogP contribution in [0.15, 0.2) is 29.2 Å². The molecular formula is C13H11ClN4OS. The molecule has 2 aromatic heterocycles. The summed E-state index contributed by atoms with van der Waals surface area (Å²) in [4.78, 5) is 21.6. The van der Waals surface area contributed by atoms with Crippen molar-refractivity contribution in [3.05, 3.63) is 44.8 Å². The zero-order chi connectivity index (χ0) is 14.3. The van der Waals surface area contributed by atoms with Crippen LogP contribution >= 0.6 is 22.9 Å². The van der Waals surface area contributed by atoms with Gasteiger partial charge in [0.1, 0.15) is 5.82 Å². The fourth-order valence-electron chi connectivity index (χ4n) is 2.02. The molecule has 5 nitrogen and oxygen atoms in total. The molecule has 0 fully saturated rings. The van der Waals surface area contributed by atoms with Crippen molar-refractivity contribution in [2.75, 3.05) is 12.4 Å². The summed E-state index contributed by atoms with van der Waals surface area (Å²) in [6, 6.07) is 5.36. The van der Waals surface area contributed by atoms with E-state index in [2.05, 4.69) is 15.3 Å². The number of benzene rings is 1. The van der Waals surface area contributed by atoms with Gasteiger partial charge in [-0.05, 0) is 25.1 Å². The first-order valence-electron chi connectivity index (χ1n) is 5.93. The Morgan fingerprint density at radius 2 is 2.20 bits per heavy atom.